The Morgan fingerprint density at radius 3 is 3.00 bits per heavy atom. The van der Waals surface area contributed by atoms with Gasteiger partial charge in [-0.15, -0.1) is 0 Å². The number of benzene rings is 1. The number of nitrogens with one attached hydrogen (secondary N) is 1. The van der Waals surface area contributed by atoms with E-state index in [1.165, 1.54) is 0 Å². The molecule has 0 fully saturated rings. The summed E-state index contributed by atoms with van der Waals surface area (Å²) in [5.74, 6) is 0.783. The lowest BCUT2D eigenvalue weighted by molar-refractivity contribution is -0.118. The summed E-state index contributed by atoms with van der Waals surface area (Å²) in [6.45, 7) is 5.48. The molecule has 7 nitrogen and oxygen atoms in total. The maximum absolute atomic E-state index is 12.2. The van der Waals surface area contributed by atoms with Crippen LogP contribution in [0.4, 0.5) is 11.4 Å². The molecule has 130 valence electrons. The van der Waals surface area contributed by atoms with Gasteiger partial charge in [0.2, 0.25) is 5.91 Å². The molecule has 1 aliphatic rings. The van der Waals surface area contributed by atoms with Crippen molar-refractivity contribution in [3.05, 3.63) is 36.4 Å². The third-order valence-corrected chi connectivity index (χ3v) is 4.32. The topological polar surface area (TPSA) is 85.3 Å². The van der Waals surface area contributed by atoms with E-state index in [1.54, 1.807) is 17.4 Å². The number of carbonyl (C=O) groups is 1. The molecular formula is C18H21N5O2. The molecule has 0 spiro atoms. The number of aromatic nitrogens is 2. The van der Waals surface area contributed by atoms with Gasteiger partial charge in [0.1, 0.15) is 12.4 Å². The van der Waals surface area contributed by atoms with Crippen LogP contribution in [0.5, 0.6) is 5.75 Å². The van der Waals surface area contributed by atoms with E-state index in [2.05, 4.69) is 16.0 Å². The number of rotatable bonds is 5. The second-order valence-corrected chi connectivity index (χ2v) is 5.72. The predicted octanol–water partition coefficient (Wildman–Crippen LogP) is 2.64. The Morgan fingerprint density at radius 2 is 2.36 bits per heavy atom. The van der Waals surface area contributed by atoms with E-state index in [1.807, 2.05) is 36.9 Å². The summed E-state index contributed by atoms with van der Waals surface area (Å²) < 4.78 is 5.74. The van der Waals surface area contributed by atoms with E-state index in [-0.39, 0.29) is 5.91 Å². The zero-order valence-corrected chi connectivity index (χ0v) is 14.4. The van der Waals surface area contributed by atoms with Gasteiger partial charge in [0.05, 0.1) is 36.5 Å². The zero-order chi connectivity index (χ0) is 17.8. The van der Waals surface area contributed by atoms with Gasteiger partial charge < -0.3 is 19.5 Å². The quantitative estimate of drug-likeness (QED) is 0.905. The Morgan fingerprint density at radius 1 is 1.52 bits per heavy atom. The molecule has 1 atom stereocenters. The van der Waals surface area contributed by atoms with Crippen molar-refractivity contribution in [3.8, 4) is 11.8 Å². The fourth-order valence-corrected chi connectivity index (χ4v) is 3.08. The minimum atomic E-state index is -0.489. The van der Waals surface area contributed by atoms with Gasteiger partial charge in [0.15, 0.2) is 6.04 Å². The monoisotopic (exact) mass is 339 g/mol. The average Bonchev–Trinajstić information content (AvgIpc) is 3.17. The van der Waals surface area contributed by atoms with E-state index < -0.39 is 6.04 Å². The Bertz CT molecular complexity index is 781. The molecule has 0 saturated heterocycles. The van der Waals surface area contributed by atoms with Crippen LogP contribution in [0.2, 0.25) is 0 Å². The highest BCUT2D eigenvalue weighted by Gasteiger charge is 2.28. The van der Waals surface area contributed by atoms with Crippen molar-refractivity contribution in [2.45, 2.75) is 26.3 Å². The van der Waals surface area contributed by atoms with Crippen molar-refractivity contribution in [2.75, 3.05) is 29.5 Å². The maximum Gasteiger partial charge on any atom is 0.226 e. The van der Waals surface area contributed by atoms with Crippen LogP contribution in [-0.2, 0) is 4.79 Å². The largest absolute Gasteiger partial charge is 0.490 e. The Hall–Kier alpha value is -3.01. The summed E-state index contributed by atoms with van der Waals surface area (Å²) in [5.41, 5.74) is 2.36. The molecule has 1 N–H and O–H groups in total. The van der Waals surface area contributed by atoms with Crippen molar-refractivity contribution in [3.63, 3.8) is 0 Å². The van der Waals surface area contributed by atoms with Crippen LogP contribution in [0.1, 0.15) is 32.0 Å². The lowest BCUT2D eigenvalue weighted by atomic mass is 10.1. The lowest BCUT2D eigenvalue weighted by Crippen LogP contribution is -2.36. The highest BCUT2D eigenvalue weighted by Crippen LogP contribution is 2.39. The van der Waals surface area contributed by atoms with Gasteiger partial charge in [-0.1, -0.05) is 6.92 Å². The highest BCUT2D eigenvalue weighted by atomic mass is 16.5. The van der Waals surface area contributed by atoms with Crippen molar-refractivity contribution in [1.82, 2.24) is 9.97 Å². The molecule has 3 rings (SSSR count). The number of H-pyrrole nitrogens is 1. The second-order valence-electron chi connectivity index (χ2n) is 5.72. The van der Waals surface area contributed by atoms with Crippen LogP contribution >= 0.6 is 0 Å². The fourth-order valence-electron chi connectivity index (χ4n) is 3.08. The lowest BCUT2D eigenvalue weighted by Gasteiger charge is -2.35. The summed E-state index contributed by atoms with van der Waals surface area (Å²) >= 11 is 0. The first-order chi connectivity index (χ1) is 12.2. The molecule has 1 aliphatic heterocycles. The first kappa shape index (κ1) is 16.8. The second kappa shape index (κ2) is 7.26. The third kappa shape index (κ3) is 3.15. The smallest absolute Gasteiger partial charge is 0.226 e. The Balaban J connectivity index is 2.01. The molecule has 0 aliphatic carbocycles. The number of hydrogen-bond donors (Lipinski definition) is 1. The van der Waals surface area contributed by atoms with Crippen LogP contribution in [0, 0.1) is 11.3 Å². The number of nitrogens with zero attached hydrogens (tertiary/aromatic N) is 4. The van der Waals surface area contributed by atoms with E-state index >= 15 is 0 Å². The Labute approximate surface area is 146 Å². The molecule has 1 aromatic carbocycles. The predicted molar refractivity (Wildman–Crippen MR) is 94.5 cm³/mol. The number of anilines is 2. The molecule has 1 aromatic heterocycles. The number of aromatic amines is 1. The SMILES string of the molecule is CCC(=O)N(CC)c1ccc2c(c1)N(C(C#N)c1cnc[nH]1)CCO2. The summed E-state index contributed by atoms with van der Waals surface area (Å²) in [4.78, 5) is 22.9. The van der Waals surface area contributed by atoms with Crippen LogP contribution in [0.25, 0.3) is 0 Å². The standard InChI is InChI=1S/C18H21N5O2/c1-3-18(24)22(4-2)13-5-6-17-15(9-13)23(7-8-25-17)16(10-19)14-11-20-12-21-14/h5-6,9,11-12,16H,3-4,7-8H2,1-2H3,(H,20,21). The minimum absolute atomic E-state index is 0.0659. The van der Waals surface area contributed by atoms with Gasteiger partial charge in [-0.3, -0.25) is 4.79 Å². The first-order valence-corrected chi connectivity index (χ1v) is 8.41. The number of imidazole rings is 1. The van der Waals surface area contributed by atoms with Gasteiger partial charge in [-0.2, -0.15) is 5.26 Å². The summed E-state index contributed by atoms with van der Waals surface area (Å²) in [5, 5.41) is 9.68. The number of nitriles is 1. The van der Waals surface area contributed by atoms with Gasteiger partial charge >= 0.3 is 0 Å². The zero-order valence-electron chi connectivity index (χ0n) is 14.4. The van der Waals surface area contributed by atoms with Gasteiger partial charge in [0, 0.05) is 18.7 Å². The number of carbonyl (C=O) groups excluding carboxylic acids is 1. The molecule has 2 aromatic rings. The molecular weight excluding hydrogens is 318 g/mol. The van der Waals surface area contributed by atoms with E-state index in [0.717, 1.165) is 22.8 Å². The third-order valence-electron chi connectivity index (χ3n) is 4.32. The summed E-state index contributed by atoms with van der Waals surface area (Å²) in [6, 6.07) is 7.52. The van der Waals surface area contributed by atoms with Crippen molar-refractivity contribution < 1.29 is 9.53 Å². The first-order valence-electron chi connectivity index (χ1n) is 8.41. The number of fused-ring (bicyclic) bond motifs is 1. The molecule has 1 unspecified atom stereocenters. The minimum Gasteiger partial charge on any atom is -0.490 e. The molecule has 2 heterocycles. The molecule has 0 bridgehead atoms. The maximum atomic E-state index is 12.2. The van der Waals surface area contributed by atoms with Crippen LogP contribution in [-0.4, -0.2) is 35.6 Å². The fraction of sp³-hybridized carbons (Fsp3) is 0.389. The molecule has 1 amide bonds. The van der Waals surface area contributed by atoms with Crippen molar-refractivity contribution in [2.24, 2.45) is 0 Å². The van der Waals surface area contributed by atoms with Crippen LogP contribution in [0.15, 0.2) is 30.7 Å². The van der Waals surface area contributed by atoms with Crippen LogP contribution < -0.4 is 14.5 Å². The number of amides is 1. The summed E-state index contributed by atoms with van der Waals surface area (Å²) in [7, 11) is 0. The number of hydrogen-bond acceptors (Lipinski definition) is 5. The highest BCUT2D eigenvalue weighted by molar-refractivity contribution is 5.94. The Kier molecular flexibility index (Phi) is 4.89. The normalized spacial score (nSPS) is 14.2. The average molecular weight is 339 g/mol. The van der Waals surface area contributed by atoms with Crippen LogP contribution in [0.3, 0.4) is 0 Å². The molecule has 7 heteroatoms. The van der Waals surface area contributed by atoms with E-state index in [4.69, 9.17) is 4.74 Å². The van der Waals surface area contributed by atoms with Crippen molar-refractivity contribution in [1.29, 1.82) is 5.26 Å². The van der Waals surface area contributed by atoms with Gasteiger partial charge in [-0.25, -0.2) is 4.98 Å². The van der Waals surface area contributed by atoms with E-state index in [9.17, 15) is 10.1 Å². The molecule has 0 radical (unpaired) electrons. The summed E-state index contributed by atoms with van der Waals surface area (Å²) in [6.07, 6.45) is 3.67. The van der Waals surface area contributed by atoms with Crippen molar-refractivity contribution >= 4 is 17.3 Å². The van der Waals surface area contributed by atoms with Gasteiger partial charge in [0.25, 0.3) is 0 Å². The molecule has 0 saturated carbocycles. The number of ether oxygens (including phenoxy) is 1. The molecule has 25 heavy (non-hydrogen) atoms. The van der Waals surface area contributed by atoms with E-state index in [0.29, 0.717) is 26.1 Å². The van der Waals surface area contributed by atoms with Gasteiger partial charge in [-0.05, 0) is 25.1 Å².